The van der Waals surface area contributed by atoms with Gasteiger partial charge < -0.3 is 9.64 Å². The monoisotopic (exact) mass is 371 g/mol. The molecule has 1 atom stereocenters. The molecule has 1 unspecified atom stereocenters. The molecule has 0 N–H and O–H groups in total. The number of esters is 1. The van der Waals surface area contributed by atoms with Crippen LogP contribution in [0.1, 0.15) is 38.3 Å². The molecule has 0 fully saturated rings. The highest BCUT2D eigenvalue weighted by atomic mass is 35.5. The molecule has 0 amide bonds. The van der Waals surface area contributed by atoms with Gasteiger partial charge in [-0.05, 0) is 62.4 Å². The maximum Gasteiger partial charge on any atom is 0.306 e. The van der Waals surface area contributed by atoms with Crippen LogP contribution in [0.3, 0.4) is 0 Å². The largest absolute Gasteiger partial charge is 0.460 e. The molecule has 3 rings (SSSR count). The van der Waals surface area contributed by atoms with Gasteiger partial charge in [-0.3, -0.25) is 4.79 Å². The minimum absolute atomic E-state index is 0.132. The van der Waals surface area contributed by atoms with Gasteiger partial charge in [-0.15, -0.1) is 0 Å². The lowest BCUT2D eigenvalue weighted by molar-refractivity contribution is -0.155. The summed E-state index contributed by atoms with van der Waals surface area (Å²) in [7, 11) is 0. The fourth-order valence-electron chi connectivity index (χ4n) is 3.52. The number of carbonyl (C=O) groups excluding carboxylic acids is 1. The number of hydrogen-bond acceptors (Lipinski definition) is 3. The Labute approximate surface area is 160 Å². The second kappa shape index (κ2) is 7.71. The van der Waals surface area contributed by atoms with Gasteiger partial charge in [-0.2, -0.15) is 0 Å². The maximum absolute atomic E-state index is 12.3. The number of rotatable bonds is 4. The lowest BCUT2D eigenvalue weighted by Crippen LogP contribution is -2.37. The summed E-state index contributed by atoms with van der Waals surface area (Å²) >= 11 is 6.21. The third kappa shape index (κ3) is 5.01. The van der Waals surface area contributed by atoms with E-state index >= 15 is 0 Å². The third-order valence-electron chi connectivity index (χ3n) is 4.46. The Kier molecular flexibility index (Phi) is 5.57. The van der Waals surface area contributed by atoms with E-state index in [1.54, 1.807) is 0 Å². The summed E-state index contributed by atoms with van der Waals surface area (Å²) in [5.41, 5.74) is 3.22. The maximum atomic E-state index is 12.3. The molecule has 0 saturated heterocycles. The summed E-state index contributed by atoms with van der Waals surface area (Å²) in [6, 6.07) is 16.5. The fraction of sp³-hybridized carbons (Fsp3) is 0.409. The van der Waals surface area contributed by atoms with Gasteiger partial charge >= 0.3 is 5.97 Å². The molecule has 2 aromatic rings. The molecule has 1 heterocycles. The number of benzene rings is 2. The molecule has 26 heavy (non-hydrogen) atoms. The highest BCUT2D eigenvalue weighted by Crippen LogP contribution is 2.34. The molecule has 3 nitrogen and oxygen atoms in total. The van der Waals surface area contributed by atoms with Crippen LogP contribution in [0.4, 0.5) is 5.69 Å². The van der Waals surface area contributed by atoms with E-state index in [0.717, 1.165) is 24.5 Å². The minimum Gasteiger partial charge on any atom is -0.460 e. The van der Waals surface area contributed by atoms with Crippen molar-refractivity contribution < 1.29 is 9.53 Å². The van der Waals surface area contributed by atoms with Crippen molar-refractivity contribution in [3.63, 3.8) is 0 Å². The zero-order valence-electron chi connectivity index (χ0n) is 15.7. The molecule has 1 aliphatic heterocycles. The van der Waals surface area contributed by atoms with E-state index in [9.17, 15) is 4.79 Å². The van der Waals surface area contributed by atoms with Gasteiger partial charge in [0, 0.05) is 23.8 Å². The van der Waals surface area contributed by atoms with Gasteiger partial charge in [0.25, 0.3) is 0 Å². The highest BCUT2D eigenvalue weighted by Gasteiger charge is 2.28. The number of nitrogens with zero attached hydrogens (tertiary/aromatic N) is 1. The lowest BCUT2D eigenvalue weighted by Gasteiger charge is -2.36. The average Bonchev–Trinajstić information content (AvgIpc) is 2.53. The minimum atomic E-state index is -0.448. The Balaban J connectivity index is 1.79. The lowest BCUT2D eigenvalue weighted by atomic mass is 9.89. The van der Waals surface area contributed by atoms with Crippen LogP contribution >= 0.6 is 11.6 Å². The number of anilines is 1. The molecule has 4 heteroatoms. The van der Waals surface area contributed by atoms with Crippen LogP contribution < -0.4 is 4.90 Å². The van der Waals surface area contributed by atoms with Crippen LogP contribution in [0.5, 0.6) is 0 Å². The Morgan fingerprint density at radius 2 is 1.92 bits per heavy atom. The van der Waals surface area contributed by atoms with Crippen molar-refractivity contribution in [1.29, 1.82) is 0 Å². The molecule has 0 aromatic heterocycles. The SMILES string of the molecule is CC(C)(C)OC(=O)CC1Cc2cc(Cl)ccc2N(Cc2ccccc2)C1. The Morgan fingerprint density at radius 3 is 2.62 bits per heavy atom. The van der Waals surface area contributed by atoms with Crippen LogP contribution in [0.2, 0.25) is 5.02 Å². The number of hydrogen-bond donors (Lipinski definition) is 0. The summed E-state index contributed by atoms with van der Waals surface area (Å²) in [4.78, 5) is 14.7. The van der Waals surface area contributed by atoms with E-state index in [1.807, 2.05) is 39.0 Å². The Morgan fingerprint density at radius 1 is 1.19 bits per heavy atom. The second-order valence-electron chi connectivity index (χ2n) is 8.00. The quantitative estimate of drug-likeness (QED) is 0.687. The normalized spacial score (nSPS) is 16.9. The van der Waals surface area contributed by atoms with Gasteiger partial charge in [0.05, 0.1) is 6.42 Å². The number of halogens is 1. The summed E-state index contributed by atoms with van der Waals surface area (Å²) < 4.78 is 5.52. The van der Waals surface area contributed by atoms with Gasteiger partial charge in [-0.1, -0.05) is 41.9 Å². The van der Waals surface area contributed by atoms with E-state index in [1.165, 1.54) is 16.8 Å². The molecule has 0 saturated carbocycles. The van der Waals surface area contributed by atoms with E-state index in [-0.39, 0.29) is 11.9 Å². The van der Waals surface area contributed by atoms with Gasteiger partial charge in [0.15, 0.2) is 0 Å². The first-order chi connectivity index (χ1) is 12.3. The first kappa shape index (κ1) is 18.8. The Hall–Kier alpha value is -2.00. The molecule has 0 aliphatic carbocycles. The van der Waals surface area contributed by atoms with Crippen molar-refractivity contribution in [2.24, 2.45) is 5.92 Å². The zero-order chi connectivity index (χ0) is 18.7. The van der Waals surface area contributed by atoms with Gasteiger partial charge in [0.2, 0.25) is 0 Å². The van der Waals surface area contributed by atoms with Crippen molar-refractivity contribution in [3.8, 4) is 0 Å². The van der Waals surface area contributed by atoms with Crippen LogP contribution in [-0.4, -0.2) is 18.1 Å². The zero-order valence-corrected chi connectivity index (χ0v) is 16.4. The number of ether oxygens (including phenoxy) is 1. The number of fused-ring (bicyclic) bond motifs is 1. The predicted molar refractivity (Wildman–Crippen MR) is 107 cm³/mol. The van der Waals surface area contributed by atoms with Crippen LogP contribution in [0.15, 0.2) is 48.5 Å². The van der Waals surface area contributed by atoms with Crippen molar-refractivity contribution in [2.45, 2.75) is 45.8 Å². The Bertz CT molecular complexity index is 767. The summed E-state index contributed by atoms with van der Waals surface area (Å²) in [6.45, 7) is 7.37. The molecular formula is C22H26ClNO2. The summed E-state index contributed by atoms with van der Waals surface area (Å²) in [6.07, 6.45) is 1.27. The van der Waals surface area contributed by atoms with E-state index in [2.05, 4.69) is 35.2 Å². The molecular weight excluding hydrogens is 346 g/mol. The average molecular weight is 372 g/mol. The molecule has 1 aliphatic rings. The molecule has 0 bridgehead atoms. The summed E-state index contributed by atoms with van der Waals surface area (Å²) in [5.74, 6) is 0.0900. The van der Waals surface area contributed by atoms with Crippen molar-refractivity contribution in [1.82, 2.24) is 0 Å². The van der Waals surface area contributed by atoms with Gasteiger partial charge in [0.1, 0.15) is 5.60 Å². The number of carbonyl (C=O) groups is 1. The highest BCUT2D eigenvalue weighted by molar-refractivity contribution is 6.30. The molecule has 0 radical (unpaired) electrons. The molecule has 138 valence electrons. The predicted octanol–water partition coefficient (Wildman–Crippen LogP) is 5.25. The first-order valence-corrected chi connectivity index (χ1v) is 9.47. The summed E-state index contributed by atoms with van der Waals surface area (Å²) in [5, 5.41) is 0.737. The van der Waals surface area contributed by atoms with Gasteiger partial charge in [-0.25, -0.2) is 0 Å². The van der Waals surface area contributed by atoms with Crippen molar-refractivity contribution in [2.75, 3.05) is 11.4 Å². The topological polar surface area (TPSA) is 29.5 Å². The van der Waals surface area contributed by atoms with Crippen LogP contribution in [0.25, 0.3) is 0 Å². The third-order valence-corrected chi connectivity index (χ3v) is 4.70. The van der Waals surface area contributed by atoms with Crippen molar-refractivity contribution >= 4 is 23.3 Å². The standard InChI is InChI=1S/C22H26ClNO2/c1-22(2,3)26-21(25)12-17-11-18-13-19(23)9-10-20(18)24(15-17)14-16-7-5-4-6-8-16/h4-10,13,17H,11-12,14-15H2,1-3H3. The molecule has 2 aromatic carbocycles. The fourth-order valence-corrected chi connectivity index (χ4v) is 3.72. The second-order valence-corrected chi connectivity index (χ2v) is 8.44. The first-order valence-electron chi connectivity index (χ1n) is 9.09. The molecule has 0 spiro atoms. The van der Waals surface area contributed by atoms with Crippen molar-refractivity contribution in [3.05, 3.63) is 64.7 Å². The van der Waals surface area contributed by atoms with E-state index in [4.69, 9.17) is 16.3 Å². The van der Waals surface area contributed by atoms with Crippen LogP contribution in [0, 0.1) is 5.92 Å². The smallest absolute Gasteiger partial charge is 0.306 e. The van der Waals surface area contributed by atoms with E-state index in [0.29, 0.717) is 6.42 Å². The van der Waals surface area contributed by atoms with Crippen LogP contribution in [-0.2, 0) is 22.5 Å². The van der Waals surface area contributed by atoms with E-state index < -0.39 is 5.60 Å².